The molecule has 0 saturated heterocycles. The van der Waals surface area contributed by atoms with Crippen LogP contribution in [0.15, 0.2) is 33.6 Å². The van der Waals surface area contributed by atoms with Crippen molar-refractivity contribution in [2.45, 2.75) is 11.1 Å². The van der Waals surface area contributed by atoms with E-state index in [1.165, 1.54) is 23.1 Å². The lowest BCUT2D eigenvalue weighted by Gasteiger charge is -2.09. The molecule has 17 heavy (non-hydrogen) atoms. The zero-order chi connectivity index (χ0) is 13.1. The van der Waals surface area contributed by atoms with Crippen LogP contribution in [0.25, 0.3) is 0 Å². The van der Waals surface area contributed by atoms with Crippen LogP contribution in [0.4, 0.5) is 13.2 Å². The second-order valence-electron chi connectivity index (χ2n) is 2.92. The molecule has 0 bridgehead atoms. The molecular weight excluding hydrogens is 327 g/mol. The van der Waals surface area contributed by atoms with Crippen molar-refractivity contribution in [1.82, 2.24) is 4.89 Å². The first-order valence-corrected chi connectivity index (χ1v) is 6.45. The second-order valence-corrected chi connectivity index (χ2v) is 5.39. The Hall–Kier alpha value is -0.640. The highest BCUT2D eigenvalue weighted by Crippen LogP contribution is 2.21. The smallest absolute Gasteiger partial charge is 0.277 e. The van der Waals surface area contributed by atoms with Gasteiger partial charge in [0.25, 0.3) is 10.0 Å². The molecule has 0 atom stereocenters. The fraction of sp³-hybridized carbons (Fsp3) is 0.250. The summed E-state index contributed by atoms with van der Waals surface area (Å²) in [6.45, 7) is -1.70. The molecule has 0 radical (unpaired) electrons. The predicted octanol–water partition coefficient (Wildman–Crippen LogP) is 2.22. The minimum absolute atomic E-state index is 0.206. The third-order valence-electron chi connectivity index (χ3n) is 1.53. The number of hydrogen-bond acceptors (Lipinski definition) is 3. The van der Waals surface area contributed by atoms with Crippen LogP contribution in [0.5, 0.6) is 0 Å². The van der Waals surface area contributed by atoms with Crippen molar-refractivity contribution in [3.8, 4) is 0 Å². The summed E-state index contributed by atoms with van der Waals surface area (Å²) in [6.07, 6.45) is -4.60. The van der Waals surface area contributed by atoms with Crippen molar-refractivity contribution in [3.05, 3.63) is 28.7 Å². The Kier molecular flexibility index (Phi) is 4.53. The molecule has 1 aromatic rings. The number of benzene rings is 1. The summed E-state index contributed by atoms with van der Waals surface area (Å²) in [4.78, 5) is 5.08. The van der Waals surface area contributed by atoms with Crippen molar-refractivity contribution < 1.29 is 26.4 Å². The van der Waals surface area contributed by atoms with E-state index >= 15 is 0 Å². The highest BCUT2D eigenvalue weighted by atomic mass is 79.9. The van der Waals surface area contributed by atoms with Gasteiger partial charge in [0.1, 0.15) is 0 Å². The van der Waals surface area contributed by atoms with Gasteiger partial charge in [-0.05, 0) is 28.1 Å². The number of rotatable bonds is 4. The Balaban J connectivity index is 2.74. The van der Waals surface area contributed by atoms with Crippen molar-refractivity contribution in [2.24, 2.45) is 0 Å². The average molecular weight is 334 g/mol. The molecule has 4 nitrogen and oxygen atoms in total. The van der Waals surface area contributed by atoms with Gasteiger partial charge in [-0.3, -0.25) is 4.84 Å². The largest absolute Gasteiger partial charge is 0.413 e. The van der Waals surface area contributed by atoms with Gasteiger partial charge < -0.3 is 0 Å². The van der Waals surface area contributed by atoms with Gasteiger partial charge in [-0.1, -0.05) is 17.0 Å². The van der Waals surface area contributed by atoms with Gasteiger partial charge in [-0.15, -0.1) is 0 Å². The van der Waals surface area contributed by atoms with E-state index in [1.807, 2.05) is 0 Å². The Morgan fingerprint density at radius 1 is 1.29 bits per heavy atom. The first kappa shape index (κ1) is 14.4. The number of alkyl halides is 3. The molecule has 0 unspecified atom stereocenters. The summed E-state index contributed by atoms with van der Waals surface area (Å²) in [5.74, 6) is 0. The van der Waals surface area contributed by atoms with Crippen molar-refractivity contribution in [1.29, 1.82) is 0 Å². The third kappa shape index (κ3) is 4.62. The molecular formula is C8H7BrF3NO3S. The monoisotopic (exact) mass is 333 g/mol. The zero-order valence-corrected chi connectivity index (χ0v) is 10.6. The summed E-state index contributed by atoms with van der Waals surface area (Å²) < 4.78 is 58.5. The molecule has 1 rings (SSSR count). The zero-order valence-electron chi connectivity index (χ0n) is 8.16. The van der Waals surface area contributed by atoms with Crippen LogP contribution in [-0.2, 0) is 14.9 Å². The number of sulfonamides is 1. The van der Waals surface area contributed by atoms with Gasteiger partial charge in [0.05, 0.1) is 4.90 Å². The van der Waals surface area contributed by atoms with E-state index in [1.54, 1.807) is 6.07 Å². The van der Waals surface area contributed by atoms with Crippen LogP contribution in [0.2, 0.25) is 0 Å². The lowest BCUT2D eigenvalue weighted by atomic mass is 10.4. The number of halogens is 4. The number of nitrogens with one attached hydrogen (secondary N) is 1. The minimum atomic E-state index is -4.60. The summed E-state index contributed by atoms with van der Waals surface area (Å²) in [5, 5.41) is 0. The molecule has 0 aliphatic heterocycles. The molecule has 0 fully saturated rings. The predicted molar refractivity (Wildman–Crippen MR) is 56.5 cm³/mol. The molecule has 0 aromatic heterocycles. The highest BCUT2D eigenvalue weighted by Gasteiger charge is 2.29. The standard InChI is InChI=1S/C8H7BrF3NO3S/c9-6-3-1-2-4-7(6)17(14,15)13-16-5-8(10,11)12/h1-4,13H,5H2. The molecule has 1 aromatic carbocycles. The normalized spacial score (nSPS) is 12.7. The molecule has 96 valence electrons. The van der Waals surface area contributed by atoms with Crippen molar-refractivity contribution >= 4 is 26.0 Å². The molecule has 0 heterocycles. The van der Waals surface area contributed by atoms with E-state index in [4.69, 9.17) is 0 Å². The number of hydrogen-bond donors (Lipinski definition) is 1. The first-order valence-electron chi connectivity index (χ1n) is 4.17. The van der Waals surface area contributed by atoms with E-state index in [0.717, 1.165) is 0 Å². The fourth-order valence-corrected chi connectivity index (χ4v) is 2.71. The van der Waals surface area contributed by atoms with Gasteiger partial charge in [0.2, 0.25) is 0 Å². The van der Waals surface area contributed by atoms with E-state index in [2.05, 4.69) is 20.8 Å². The molecule has 1 N–H and O–H groups in total. The van der Waals surface area contributed by atoms with Gasteiger partial charge in [0.15, 0.2) is 6.61 Å². The highest BCUT2D eigenvalue weighted by molar-refractivity contribution is 9.10. The van der Waals surface area contributed by atoms with Crippen LogP contribution in [0, 0.1) is 0 Å². The van der Waals surface area contributed by atoms with Crippen LogP contribution in [0.1, 0.15) is 0 Å². The first-order chi connectivity index (χ1) is 7.72. The van der Waals surface area contributed by atoms with Gasteiger partial charge in [-0.2, -0.15) is 13.2 Å². The van der Waals surface area contributed by atoms with E-state index in [9.17, 15) is 21.6 Å². The van der Waals surface area contributed by atoms with E-state index < -0.39 is 22.8 Å². The Bertz CT molecular complexity index is 489. The maximum atomic E-state index is 11.7. The summed E-state index contributed by atoms with van der Waals surface area (Å²) in [7, 11) is -4.13. The van der Waals surface area contributed by atoms with Gasteiger partial charge in [0, 0.05) is 4.47 Å². The second kappa shape index (κ2) is 5.34. The van der Waals surface area contributed by atoms with Crippen LogP contribution < -0.4 is 4.89 Å². The fourth-order valence-electron chi connectivity index (χ4n) is 0.896. The lowest BCUT2D eigenvalue weighted by Crippen LogP contribution is -2.29. The lowest BCUT2D eigenvalue weighted by molar-refractivity contribution is -0.181. The Morgan fingerprint density at radius 3 is 2.41 bits per heavy atom. The Labute approximate surface area is 104 Å². The maximum absolute atomic E-state index is 11.7. The molecule has 0 aliphatic carbocycles. The molecule has 0 spiro atoms. The van der Waals surface area contributed by atoms with Crippen LogP contribution >= 0.6 is 15.9 Å². The average Bonchev–Trinajstić information content (AvgIpc) is 2.15. The van der Waals surface area contributed by atoms with Gasteiger partial charge >= 0.3 is 6.18 Å². The third-order valence-corrected chi connectivity index (χ3v) is 3.76. The molecule has 0 amide bonds. The van der Waals surface area contributed by atoms with E-state index in [0.29, 0.717) is 0 Å². The van der Waals surface area contributed by atoms with Crippen molar-refractivity contribution in [3.63, 3.8) is 0 Å². The van der Waals surface area contributed by atoms with Crippen LogP contribution in [0.3, 0.4) is 0 Å². The quantitative estimate of drug-likeness (QED) is 0.859. The van der Waals surface area contributed by atoms with Gasteiger partial charge in [-0.25, -0.2) is 8.42 Å². The topological polar surface area (TPSA) is 55.4 Å². The summed E-state index contributed by atoms with van der Waals surface area (Å²) >= 11 is 2.97. The summed E-state index contributed by atoms with van der Waals surface area (Å²) in [6, 6.07) is 5.67. The molecule has 0 aliphatic rings. The SMILES string of the molecule is O=S(=O)(NOCC(F)(F)F)c1ccccc1Br. The van der Waals surface area contributed by atoms with E-state index in [-0.39, 0.29) is 9.37 Å². The van der Waals surface area contributed by atoms with Crippen molar-refractivity contribution in [2.75, 3.05) is 6.61 Å². The minimum Gasteiger partial charge on any atom is -0.277 e. The molecule has 0 saturated carbocycles. The Morgan fingerprint density at radius 2 is 1.88 bits per heavy atom. The van der Waals surface area contributed by atoms with Crippen LogP contribution in [-0.4, -0.2) is 21.2 Å². The molecule has 9 heteroatoms. The maximum Gasteiger partial charge on any atom is 0.413 e. The summed E-state index contributed by atoms with van der Waals surface area (Å²) in [5.41, 5.74) is 0.